The Kier molecular flexibility index (Phi) is 7.53. The van der Waals surface area contributed by atoms with Crippen molar-refractivity contribution in [2.45, 2.75) is 20.1 Å². The second-order valence-corrected chi connectivity index (χ2v) is 6.81. The molecule has 170 valence electrons. The molecule has 2 aromatic carbocycles. The highest BCUT2D eigenvalue weighted by molar-refractivity contribution is 5.94. The lowest BCUT2D eigenvalue weighted by Gasteiger charge is -2.12. The van der Waals surface area contributed by atoms with E-state index in [0.29, 0.717) is 12.1 Å². The topological polar surface area (TPSA) is 125 Å². The Labute approximate surface area is 189 Å². The van der Waals surface area contributed by atoms with Gasteiger partial charge in [0.05, 0.1) is 18.2 Å². The van der Waals surface area contributed by atoms with Crippen LogP contribution in [0.15, 0.2) is 70.7 Å². The fourth-order valence-electron chi connectivity index (χ4n) is 3.03. The van der Waals surface area contributed by atoms with Crippen LogP contribution in [-0.4, -0.2) is 28.7 Å². The summed E-state index contributed by atoms with van der Waals surface area (Å²) in [4.78, 5) is 35.6. The lowest BCUT2D eigenvalue weighted by molar-refractivity contribution is -0.386. The smallest absolute Gasteiger partial charge is 0.315 e. The molecule has 1 amide bonds. The van der Waals surface area contributed by atoms with E-state index in [2.05, 4.69) is 10.5 Å². The summed E-state index contributed by atoms with van der Waals surface area (Å²) in [6.45, 7) is 2.33. The van der Waals surface area contributed by atoms with Gasteiger partial charge < -0.3 is 14.0 Å². The summed E-state index contributed by atoms with van der Waals surface area (Å²) < 4.78 is 12.3. The molecule has 1 N–H and O–H groups in total. The Morgan fingerprint density at radius 2 is 1.97 bits per heavy atom. The van der Waals surface area contributed by atoms with E-state index < -0.39 is 16.4 Å². The predicted octanol–water partition coefficient (Wildman–Crippen LogP) is 3.13. The van der Waals surface area contributed by atoms with E-state index >= 15 is 0 Å². The van der Waals surface area contributed by atoms with E-state index in [1.807, 2.05) is 30.3 Å². The van der Waals surface area contributed by atoms with E-state index in [4.69, 9.17) is 9.47 Å². The van der Waals surface area contributed by atoms with Crippen LogP contribution in [0.1, 0.15) is 28.4 Å². The highest BCUT2D eigenvalue weighted by atomic mass is 16.6. The molecule has 3 aromatic rings. The number of rotatable bonds is 9. The van der Waals surface area contributed by atoms with Crippen LogP contribution in [-0.2, 0) is 13.2 Å². The summed E-state index contributed by atoms with van der Waals surface area (Å²) in [7, 11) is 1.37. The number of pyridine rings is 1. The maximum atomic E-state index is 12.3. The maximum absolute atomic E-state index is 12.3. The third-order valence-corrected chi connectivity index (χ3v) is 4.69. The zero-order valence-corrected chi connectivity index (χ0v) is 18.1. The molecule has 1 aromatic heterocycles. The van der Waals surface area contributed by atoms with Gasteiger partial charge in [-0.3, -0.25) is 19.7 Å². The van der Waals surface area contributed by atoms with Gasteiger partial charge in [0.1, 0.15) is 12.2 Å². The van der Waals surface area contributed by atoms with Gasteiger partial charge in [-0.15, -0.1) is 0 Å². The number of amides is 1. The van der Waals surface area contributed by atoms with Gasteiger partial charge in [-0.2, -0.15) is 5.10 Å². The van der Waals surface area contributed by atoms with Crippen molar-refractivity contribution in [3.8, 4) is 11.5 Å². The maximum Gasteiger partial charge on any atom is 0.315 e. The Balaban J connectivity index is 1.81. The van der Waals surface area contributed by atoms with Crippen LogP contribution in [0.3, 0.4) is 0 Å². The molecule has 0 fully saturated rings. The third kappa shape index (κ3) is 5.62. The molecular formula is C23H22N4O6. The van der Waals surface area contributed by atoms with Crippen LogP contribution in [0.5, 0.6) is 11.5 Å². The zero-order chi connectivity index (χ0) is 23.8. The molecule has 0 saturated heterocycles. The van der Waals surface area contributed by atoms with Gasteiger partial charge in [0.15, 0.2) is 5.75 Å². The van der Waals surface area contributed by atoms with Crippen molar-refractivity contribution < 1.29 is 19.2 Å². The van der Waals surface area contributed by atoms with Crippen molar-refractivity contribution in [1.29, 1.82) is 0 Å². The second kappa shape index (κ2) is 10.7. The molecule has 0 unspecified atom stereocenters. The van der Waals surface area contributed by atoms with Crippen molar-refractivity contribution in [3.05, 3.63) is 98.0 Å². The molecule has 10 nitrogen and oxygen atoms in total. The molecule has 0 atom stereocenters. The quantitative estimate of drug-likeness (QED) is 0.303. The third-order valence-electron chi connectivity index (χ3n) is 4.69. The van der Waals surface area contributed by atoms with Gasteiger partial charge in [0.2, 0.25) is 5.75 Å². The predicted molar refractivity (Wildman–Crippen MR) is 122 cm³/mol. The number of nitrogens with zero attached hydrogens (tertiary/aromatic N) is 3. The molecule has 1 heterocycles. The minimum Gasteiger partial charge on any atom is -0.493 e. The van der Waals surface area contributed by atoms with Gasteiger partial charge in [0.25, 0.3) is 11.5 Å². The van der Waals surface area contributed by atoms with Crippen LogP contribution in [0.2, 0.25) is 0 Å². The van der Waals surface area contributed by atoms with Gasteiger partial charge in [-0.05, 0) is 30.7 Å². The van der Waals surface area contributed by atoms with Crippen molar-refractivity contribution in [2.75, 3.05) is 7.11 Å². The number of benzene rings is 2. The number of hydrogen-bond acceptors (Lipinski definition) is 7. The van der Waals surface area contributed by atoms with Crippen molar-refractivity contribution in [1.82, 2.24) is 9.99 Å². The number of methoxy groups -OCH3 is 1. The first kappa shape index (κ1) is 23.2. The first-order chi connectivity index (χ1) is 15.9. The molecule has 0 radical (unpaired) electrons. The first-order valence-corrected chi connectivity index (χ1v) is 10.0. The number of aryl methyl sites for hydroxylation is 1. The Morgan fingerprint density at radius 1 is 1.21 bits per heavy atom. The molecule has 0 saturated carbocycles. The summed E-state index contributed by atoms with van der Waals surface area (Å²) in [6.07, 6.45) is 2.80. The molecule has 33 heavy (non-hydrogen) atoms. The summed E-state index contributed by atoms with van der Waals surface area (Å²) in [5.41, 5.74) is 2.58. The summed E-state index contributed by atoms with van der Waals surface area (Å²) >= 11 is 0. The normalized spacial score (nSPS) is 10.7. The number of carbonyl (C=O) groups excluding carboxylic acids is 1. The van der Waals surface area contributed by atoms with Crippen LogP contribution in [0.4, 0.5) is 5.69 Å². The fourth-order valence-corrected chi connectivity index (χ4v) is 3.03. The van der Waals surface area contributed by atoms with Gasteiger partial charge in [-0.25, -0.2) is 5.43 Å². The fraction of sp³-hybridized carbons (Fsp3) is 0.174. The molecular weight excluding hydrogens is 428 g/mol. The number of carbonyl (C=O) groups is 1. The van der Waals surface area contributed by atoms with Gasteiger partial charge >= 0.3 is 5.69 Å². The SMILES string of the molecule is CCn1cccc(C(=O)N/N=C\c2cc(OC)c(OCc3ccccc3)c([N+](=O)[O-])c2)c1=O. The first-order valence-electron chi connectivity index (χ1n) is 10.0. The molecule has 0 spiro atoms. The number of nitrogens with one attached hydrogen (secondary N) is 1. The number of hydrogen-bond donors (Lipinski definition) is 1. The molecule has 0 aliphatic heterocycles. The average Bonchev–Trinajstić information content (AvgIpc) is 2.83. The number of hydrazone groups is 1. The molecule has 0 aliphatic carbocycles. The Bertz CT molecular complexity index is 1240. The van der Waals surface area contributed by atoms with Crippen molar-refractivity contribution in [2.24, 2.45) is 5.10 Å². The number of nitro benzene ring substituents is 1. The van der Waals surface area contributed by atoms with Crippen LogP contribution >= 0.6 is 0 Å². The van der Waals surface area contributed by atoms with E-state index in [1.165, 1.54) is 36.1 Å². The molecule has 3 rings (SSSR count). The Hall–Kier alpha value is -4.47. The largest absolute Gasteiger partial charge is 0.493 e. The molecule has 0 bridgehead atoms. The highest BCUT2D eigenvalue weighted by Crippen LogP contribution is 2.38. The van der Waals surface area contributed by atoms with E-state index in [0.717, 1.165) is 5.56 Å². The second-order valence-electron chi connectivity index (χ2n) is 6.81. The Morgan fingerprint density at radius 3 is 2.64 bits per heavy atom. The summed E-state index contributed by atoms with van der Waals surface area (Å²) in [5.74, 6) is -0.568. The lowest BCUT2D eigenvalue weighted by Crippen LogP contribution is -2.30. The van der Waals surface area contributed by atoms with E-state index in [9.17, 15) is 19.7 Å². The zero-order valence-electron chi connectivity index (χ0n) is 18.1. The van der Waals surface area contributed by atoms with Crippen LogP contribution < -0.4 is 20.5 Å². The lowest BCUT2D eigenvalue weighted by atomic mass is 10.1. The minimum absolute atomic E-state index is 0.0167. The summed E-state index contributed by atoms with van der Waals surface area (Å²) in [6, 6.07) is 14.9. The number of aromatic nitrogens is 1. The average molecular weight is 450 g/mol. The van der Waals surface area contributed by atoms with Crippen molar-refractivity contribution in [3.63, 3.8) is 0 Å². The molecule has 0 aliphatic rings. The van der Waals surface area contributed by atoms with Crippen LogP contribution in [0, 0.1) is 10.1 Å². The van der Waals surface area contributed by atoms with Crippen molar-refractivity contribution >= 4 is 17.8 Å². The number of nitro groups is 1. The van der Waals surface area contributed by atoms with Gasteiger partial charge in [0, 0.05) is 24.4 Å². The summed E-state index contributed by atoms with van der Waals surface area (Å²) in [5, 5.41) is 15.5. The van der Waals surface area contributed by atoms with Gasteiger partial charge in [-0.1, -0.05) is 30.3 Å². The standard InChI is InChI=1S/C23H22N4O6/c1-3-26-11-7-10-18(23(26)29)22(28)25-24-14-17-12-19(27(30)31)21(20(13-17)32-2)33-15-16-8-5-4-6-9-16/h4-14H,3,15H2,1-2H3,(H,25,28)/b24-14-. The number of ether oxygens (including phenoxy) is 2. The van der Waals surface area contributed by atoms with E-state index in [1.54, 1.807) is 19.2 Å². The molecule has 10 heteroatoms. The van der Waals surface area contributed by atoms with E-state index in [-0.39, 0.29) is 29.4 Å². The highest BCUT2D eigenvalue weighted by Gasteiger charge is 2.22. The monoisotopic (exact) mass is 450 g/mol. The van der Waals surface area contributed by atoms with Crippen LogP contribution in [0.25, 0.3) is 0 Å². The minimum atomic E-state index is -0.691.